The maximum atomic E-state index is 14.1. The molecule has 1 amide bonds. The number of non-ortho nitro benzene ring substituents is 1. The molecule has 1 saturated heterocycles. The molecular weight excluding hydrogens is 456 g/mol. The lowest BCUT2D eigenvalue weighted by Gasteiger charge is -2.37. The van der Waals surface area contributed by atoms with E-state index in [1.54, 1.807) is 17.0 Å². The van der Waals surface area contributed by atoms with Gasteiger partial charge in [0.2, 0.25) is 11.6 Å². The molecule has 8 nitrogen and oxygen atoms in total. The van der Waals surface area contributed by atoms with Crippen LogP contribution in [0.5, 0.6) is 5.75 Å². The van der Waals surface area contributed by atoms with E-state index in [1.807, 2.05) is 4.90 Å². The normalized spacial score (nSPS) is 13.7. The van der Waals surface area contributed by atoms with Gasteiger partial charge in [0, 0.05) is 44.0 Å². The van der Waals surface area contributed by atoms with Crippen molar-refractivity contribution >= 4 is 34.6 Å². The molecule has 1 fully saturated rings. The molecule has 0 atom stereocenters. The summed E-state index contributed by atoms with van der Waals surface area (Å²) in [6, 6.07) is 5.96. The van der Waals surface area contributed by atoms with Gasteiger partial charge in [-0.25, -0.2) is 8.78 Å². The summed E-state index contributed by atoms with van der Waals surface area (Å²) < 4.78 is 60.2. The van der Waals surface area contributed by atoms with E-state index in [0.29, 0.717) is 26.2 Å². The van der Waals surface area contributed by atoms with E-state index in [1.165, 1.54) is 12.1 Å². The van der Waals surface area contributed by atoms with Crippen LogP contribution >= 0.6 is 12.2 Å². The van der Waals surface area contributed by atoms with E-state index in [0.717, 1.165) is 12.8 Å². The number of benzene rings is 2. The number of piperazine rings is 1. The Morgan fingerprint density at radius 3 is 2.03 bits per heavy atom. The van der Waals surface area contributed by atoms with E-state index in [-0.39, 0.29) is 10.8 Å². The Balaban J connectivity index is 1.65. The fourth-order valence-electron chi connectivity index (χ4n) is 3.18. The number of hydrogen-bond acceptors (Lipinski definition) is 6. The Labute approximate surface area is 184 Å². The molecule has 1 heterocycles. The first-order valence-corrected chi connectivity index (χ1v) is 9.56. The van der Waals surface area contributed by atoms with Gasteiger partial charge in [0.05, 0.1) is 12.0 Å². The number of anilines is 1. The molecule has 0 unspecified atom stereocenters. The average molecular weight is 472 g/mol. The van der Waals surface area contributed by atoms with Gasteiger partial charge >= 0.3 is 0 Å². The highest BCUT2D eigenvalue weighted by atomic mass is 32.1. The van der Waals surface area contributed by atoms with Gasteiger partial charge in [0.1, 0.15) is 5.56 Å². The molecule has 1 N–H and O–H groups in total. The van der Waals surface area contributed by atoms with Crippen molar-refractivity contribution < 1.29 is 32.0 Å². The van der Waals surface area contributed by atoms with Crippen molar-refractivity contribution in [2.45, 2.75) is 0 Å². The first-order valence-electron chi connectivity index (χ1n) is 9.15. The summed E-state index contributed by atoms with van der Waals surface area (Å²) in [6.07, 6.45) is 0. The van der Waals surface area contributed by atoms with E-state index < -0.39 is 45.4 Å². The highest BCUT2D eigenvalue weighted by molar-refractivity contribution is 7.80. The second-order valence-electron chi connectivity index (χ2n) is 6.67. The molecule has 0 bridgehead atoms. The zero-order valence-corrected chi connectivity index (χ0v) is 17.3. The Hall–Kier alpha value is -3.48. The predicted molar refractivity (Wildman–Crippen MR) is 110 cm³/mol. The number of carbonyl (C=O) groups excluding carboxylic acids is 1. The number of nitrogens with one attached hydrogen (secondary N) is 1. The smallest absolute Gasteiger partial charge is 0.269 e. The number of nitro benzene ring substituents is 1. The lowest BCUT2D eigenvalue weighted by molar-refractivity contribution is -0.384. The first kappa shape index (κ1) is 23.2. The highest BCUT2D eigenvalue weighted by Gasteiger charge is 2.31. The zero-order valence-electron chi connectivity index (χ0n) is 16.5. The van der Waals surface area contributed by atoms with Crippen LogP contribution in [-0.2, 0) is 0 Å². The molecule has 0 saturated carbocycles. The molecule has 170 valence electrons. The number of methoxy groups -OCH3 is 1. The first-order chi connectivity index (χ1) is 15.1. The summed E-state index contributed by atoms with van der Waals surface area (Å²) in [4.78, 5) is 26.0. The maximum absolute atomic E-state index is 14.1. The van der Waals surface area contributed by atoms with Gasteiger partial charge in [-0.15, -0.1) is 0 Å². The monoisotopic (exact) mass is 472 g/mol. The fraction of sp³-hybridized carbons (Fsp3) is 0.263. The van der Waals surface area contributed by atoms with Crippen molar-refractivity contribution in [3.63, 3.8) is 0 Å². The van der Waals surface area contributed by atoms with Crippen molar-refractivity contribution in [1.82, 2.24) is 10.2 Å². The molecule has 3 rings (SSSR count). The Bertz CT molecular complexity index is 1050. The summed E-state index contributed by atoms with van der Waals surface area (Å²) in [5, 5.41) is 12.7. The summed E-state index contributed by atoms with van der Waals surface area (Å²) in [5.41, 5.74) is -0.742. The van der Waals surface area contributed by atoms with E-state index in [2.05, 4.69) is 10.1 Å². The predicted octanol–water partition coefficient (Wildman–Crippen LogP) is 3.00. The maximum Gasteiger partial charge on any atom is 0.269 e. The Kier molecular flexibility index (Phi) is 6.77. The summed E-state index contributed by atoms with van der Waals surface area (Å²) in [6.45, 7) is 1.49. The van der Waals surface area contributed by atoms with Crippen LogP contribution < -0.4 is 15.0 Å². The molecule has 0 spiro atoms. The number of hydrogen-bond donors (Lipinski definition) is 1. The van der Waals surface area contributed by atoms with Crippen LogP contribution in [-0.4, -0.2) is 54.1 Å². The van der Waals surface area contributed by atoms with Crippen molar-refractivity contribution in [3.05, 3.63) is 63.2 Å². The van der Waals surface area contributed by atoms with Crippen molar-refractivity contribution in [1.29, 1.82) is 0 Å². The largest absolute Gasteiger partial charge is 0.491 e. The number of nitro groups is 1. The lowest BCUT2D eigenvalue weighted by Crippen LogP contribution is -2.52. The van der Waals surface area contributed by atoms with Gasteiger partial charge in [0.15, 0.2) is 22.5 Å². The molecule has 2 aromatic rings. The number of halogens is 4. The van der Waals surface area contributed by atoms with Crippen LogP contribution in [0.1, 0.15) is 10.4 Å². The quantitative estimate of drug-likeness (QED) is 0.241. The second-order valence-corrected chi connectivity index (χ2v) is 7.06. The van der Waals surface area contributed by atoms with Crippen LogP contribution in [0.2, 0.25) is 0 Å². The molecule has 13 heteroatoms. The number of rotatable bonds is 4. The lowest BCUT2D eigenvalue weighted by atomic mass is 10.1. The average Bonchev–Trinajstić information content (AvgIpc) is 2.78. The molecule has 1 aliphatic rings. The minimum absolute atomic E-state index is 0.0397. The minimum atomic E-state index is -1.90. The number of nitrogens with zero attached hydrogens (tertiary/aromatic N) is 3. The Morgan fingerprint density at radius 1 is 1.03 bits per heavy atom. The molecule has 0 radical (unpaired) electrons. The SMILES string of the molecule is COc1c(F)c(F)c(C(=O)NC(=S)N2CCN(c3ccc([N+](=O)[O-])cc3)CC2)c(F)c1F. The van der Waals surface area contributed by atoms with Crippen molar-refractivity contribution in [2.75, 3.05) is 38.2 Å². The molecule has 0 aromatic heterocycles. The Morgan fingerprint density at radius 2 is 1.56 bits per heavy atom. The second kappa shape index (κ2) is 9.34. The van der Waals surface area contributed by atoms with Crippen LogP contribution in [0, 0.1) is 33.4 Å². The van der Waals surface area contributed by atoms with Gasteiger partial charge in [-0.05, 0) is 24.4 Å². The fourth-order valence-corrected chi connectivity index (χ4v) is 3.46. The molecule has 1 aliphatic heterocycles. The standard InChI is InChI=1S/C19H16F4N4O4S/c1-31-17-15(22)13(20)12(14(21)16(17)23)18(28)24-19(32)26-8-6-25(7-9-26)10-2-4-11(5-3-10)27(29)30/h2-5H,6-9H2,1H3,(H,24,28,32). The topological polar surface area (TPSA) is 88.0 Å². The van der Waals surface area contributed by atoms with Crippen LogP contribution in [0.15, 0.2) is 24.3 Å². The molecule has 0 aliphatic carbocycles. The van der Waals surface area contributed by atoms with Gasteiger partial charge < -0.3 is 14.5 Å². The van der Waals surface area contributed by atoms with Crippen LogP contribution in [0.25, 0.3) is 0 Å². The highest BCUT2D eigenvalue weighted by Crippen LogP contribution is 2.29. The molecule has 2 aromatic carbocycles. The number of carbonyl (C=O) groups is 1. The summed E-state index contributed by atoms with van der Waals surface area (Å²) in [5.74, 6) is -10.2. The van der Waals surface area contributed by atoms with Gasteiger partial charge in [-0.1, -0.05) is 0 Å². The van der Waals surface area contributed by atoms with Crippen LogP contribution in [0.3, 0.4) is 0 Å². The third-order valence-electron chi connectivity index (χ3n) is 4.87. The molecular formula is C19H16F4N4O4S. The number of ether oxygens (including phenoxy) is 1. The van der Waals surface area contributed by atoms with E-state index in [4.69, 9.17) is 12.2 Å². The van der Waals surface area contributed by atoms with E-state index >= 15 is 0 Å². The third kappa shape index (κ3) is 4.42. The van der Waals surface area contributed by atoms with Gasteiger partial charge in [-0.3, -0.25) is 20.2 Å². The number of amides is 1. The van der Waals surface area contributed by atoms with Crippen molar-refractivity contribution in [2.24, 2.45) is 0 Å². The van der Waals surface area contributed by atoms with E-state index in [9.17, 15) is 32.5 Å². The van der Waals surface area contributed by atoms with Crippen molar-refractivity contribution in [3.8, 4) is 5.75 Å². The third-order valence-corrected chi connectivity index (χ3v) is 5.23. The van der Waals surface area contributed by atoms with Gasteiger partial charge in [0.25, 0.3) is 11.6 Å². The summed E-state index contributed by atoms with van der Waals surface area (Å²) >= 11 is 5.10. The minimum Gasteiger partial charge on any atom is -0.491 e. The zero-order chi connectivity index (χ0) is 23.6. The molecule has 32 heavy (non-hydrogen) atoms. The van der Waals surface area contributed by atoms with Crippen LogP contribution in [0.4, 0.5) is 28.9 Å². The van der Waals surface area contributed by atoms with Gasteiger partial charge in [-0.2, -0.15) is 8.78 Å². The summed E-state index contributed by atoms with van der Waals surface area (Å²) in [7, 11) is 0.825. The number of thiocarbonyl (C=S) groups is 1.